The standard InChI is InChI=1S/C19H30O4/c1-6-22-17(20)14(18(21)23-7-2)11-16-13-10-12(3)8-9-15(13)19(16,4)5/h11-13,15-16H,6-10H2,1-5H3/t12-,13-,15+,16-/m0/s1. The summed E-state index contributed by atoms with van der Waals surface area (Å²) in [5.41, 5.74) is 0.193. The second kappa shape index (κ2) is 7.06. The van der Waals surface area contributed by atoms with Gasteiger partial charge < -0.3 is 9.47 Å². The maximum Gasteiger partial charge on any atom is 0.345 e. The molecule has 4 nitrogen and oxygen atoms in total. The first-order valence-corrected chi connectivity index (χ1v) is 8.88. The summed E-state index contributed by atoms with van der Waals surface area (Å²) in [7, 11) is 0. The van der Waals surface area contributed by atoms with E-state index in [1.54, 1.807) is 13.8 Å². The van der Waals surface area contributed by atoms with E-state index >= 15 is 0 Å². The van der Waals surface area contributed by atoms with Crippen LogP contribution in [0.1, 0.15) is 53.9 Å². The third-order valence-electron chi connectivity index (χ3n) is 5.77. The molecule has 130 valence electrons. The van der Waals surface area contributed by atoms with Gasteiger partial charge in [0.05, 0.1) is 13.2 Å². The van der Waals surface area contributed by atoms with Crippen molar-refractivity contribution in [3.05, 3.63) is 11.6 Å². The average Bonchev–Trinajstić information content (AvgIpc) is 2.47. The van der Waals surface area contributed by atoms with Gasteiger partial charge >= 0.3 is 11.9 Å². The summed E-state index contributed by atoms with van der Waals surface area (Å²) in [6.45, 7) is 10.8. The van der Waals surface area contributed by atoms with Gasteiger partial charge in [0, 0.05) is 0 Å². The Morgan fingerprint density at radius 2 is 1.65 bits per heavy atom. The fourth-order valence-electron chi connectivity index (χ4n) is 4.58. The highest BCUT2D eigenvalue weighted by Crippen LogP contribution is 2.62. The number of rotatable bonds is 5. The molecule has 0 aliphatic heterocycles. The van der Waals surface area contributed by atoms with E-state index in [2.05, 4.69) is 20.8 Å². The molecule has 4 atom stereocenters. The van der Waals surface area contributed by atoms with E-state index < -0.39 is 11.9 Å². The average molecular weight is 322 g/mol. The third-order valence-corrected chi connectivity index (χ3v) is 5.77. The van der Waals surface area contributed by atoms with E-state index in [0.717, 1.165) is 5.92 Å². The van der Waals surface area contributed by atoms with Crippen LogP contribution in [0.5, 0.6) is 0 Å². The summed E-state index contributed by atoms with van der Waals surface area (Å²) >= 11 is 0. The molecule has 0 bridgehead atoms. The maximum atomic E-state index is 12.2. The van der Waals surface area contributed by atoms with Gasteiger partial charge in [0.25, 0.3) is 0 Å². The topological polar surface area (TPSA) is 52.6 Å². The molecule has 2 rings (SSSR count). The van der Waals surface area contributed by atoms with E-state index in [0.29, 0.717) is 11.8 Å². The van der Waals surface area contributed by atoms with Crippen molar-refractivity contribution in [2.45, 2.75) is 53.9 Å². The zero-order valence-corrected chi connectivity index (χ0v) is 15.1. The minimum absolute atomic E-state index is 0.0726. The van der Waals surface area contributed by atoms with Gasteiger partial charge in [0.1, 0.15) is 5.57 Å². The lowest BCUT2D eigenvalue weighted by Crippen LogP contribution is -2.55. The molecule has 0 radical (unpaired) electrons. The van der Waals surface area contributed by atoms with E-state index in [-0.39, 0.29) is 30.1 Å². The zero-order chi connectivity index (χ0) is 17.2. The SMILES string of the molecule is CCOC(=O)C(=C[C@H]1[C@H]2C[C@@H](C)CC[C@H]2C1(C)C)C(=O)OCC. The van der Waals surface area contributed by atoms with Gasteiger partial charge in [-0.15, -0.1) is 0 Å². The first kappa shape index (κ1) is 18.0. The van der Waals surface area contributed by atoms with Crippen molar-refractivity contribution in [2.75, 3.05) is 13.2 Å². The monoisotopic (exact) mass is 322 g/mol. The molecule has 0 saturated heterocycles. The fourth-order valence-corrected chi connectivity index (χ4v) is 4.58. The molecule has 0 aromatic rings. The van der Waals surface area contributed by atoms with E-state index in [1.807, 2.05) is 6.08 Å². The van der Waals surface area contributed by atoms with E-state index in [1.165, 1.54) is 19.3 Å². The molecule has 0 spiro atoms. The molecule has 23 heavy (non-hydrogen) atoms. The summed E-state index contributed by atoms with van der Waals surface area (Å²) < 4.78 is 10.1. The van der Waals surface area contributed by atoms with Gasteiger partial charge in [0.2, 0.25) is 0 Å². The van der Waals surface area contributed by atoms with Gasteiger partial charge in [-0.1, -0.05) is 33.3 Å². The van der Waals surface area contributed by atoms with Crippen LogP contribution in [0, 0.1) is 29.1 Å². The molecular formula is C19H30O4. The number of carbonyl (C=O) groups is 2. The summed E-state index contributed by atoms with van der Waals surface area (Å²) in [5.74, 6) is 1.08. The number of allylic oxidation sites excluding steroid dienone is 1. The number of carbonyl (C=O) groups excluding carboxylic acids is 2. The van der Waals surface area contributed by atoms with Crippen molar-refractivity contribution in [1.82, 2.24) is 0 Å². The van der Waals surface area contributed by atoms with Crippen LogP contribution in [0.2, 0.25) is 0 Å². The van der Waals surface area contributed by atoms with Crippen LogP contribution in [-0.4, -0.2) is 25.2 Å². The molecule has 0 aromatic carbocycles. The maximum absolute atomic E-state index is 12.2. The number of fused-ring (bicyclic) bond motifs is 1. The van der Waals surface area contributed by atoms with Crippen LogP contribution >= 0.6 is 0 Å². The highest BCUT2D eigenvalue weighted by atomic mass is 16.6. The molecule has 0 amide bonds. The van der Waals surface area contributed by atoms with Crippen LogP contribution in [0.4, 0.5) is 0 Å². The summed E-state index contributed by atoms with van der Waals surface area (Å²) in [6.07, 6.45) is 5.55. The first-order valence-electron chi connectivity index (χ1n) is 8.88. The lowest BCUT2D eigenvalue weighted by Gasteiger charge is -2.61. The van der Waals surface area contributed by atoms with Crippen molar-refractivity contribution in [3.8, 4) is 0 Å². The predicted molar refractivity (Wildman–Crippen MR) is 88.6 cm³/mol. The predicted octanol–water partition coefficient (Wildman–Crippen LogP) is 3.75. The summed E-state index contributed by atoms with van der Waals surface area (Å²) in [6, 6.07) is 0. The highest BCUT2D eigenvalue weighted by molar-refractivity contribution is 6.14. The van der Waals surface area contributed by atoms with Gasteiger partial charge in [-0.2, -0.15) is 0 Å². The smallest absolute Gasteiger partial charge is 0.345 e. The van der Waals surface area contributed by atoms with E-state index in [9.17, 15) is 9.59 Å². The second-order valence-electron chi connectivity index (χ2n) is 7.56. The minimum Gasteiger partial charge on any atom is -0.462 e. The quantitative estimate of drug-likeness (QED) is 0.335. The number of ether oxygens (including phenoxy) is 2. The first-order chi connectivity index (χ1) is 10.8. The Hall–Kier alpha value is -1.32. The van der Waals surface area contributed by atoms with Crippen LogP contribution in [-0.2, 0) is 19.1 Å². The Morgan fingerprint density at radius 1 is 1.09 bits per heavy atom. The van der Waals surface area contributed by atoms with E-state index in [4.69, 9.17) is 9.47 Å². The molecule has 0 aromatic heterocycles. The largest absolute Gasteiger partial charge is 0.462 e. The van der Waals surface area contributed by atoms with Crippen molar-refractivity contribution in [3.63, 3.8) is 0 Å². The zero-order valence-electron chi connectivity index (χ0n) is 15.1. The number of esters is 2. The molecule has 4 heteroatoms. The van der Waals surface area contributed by atoms with Crippen LogP contribution in [0.15, 0.2) is 11.6 Å². The number of hydrogen-bond acceptors (Lipinski definition) is 4. The van der Waals surface area contributed by atoms with Crippen LogP contribution < -0.4 is 0 Å². The highest BCUT2D eigenvalue weighted by Gasteiger charge is 2.56. The molecule has 0 unspecified atom stereocenters. The van der Waals surface area contributed by atoms with Crippen molar-refractivity contribution in [1.29, 1.82) is 0 Å². The van der Waals surface area contributed by atoms with Crippen molar-refractivity contribution in [2.24, 2.45) is 29.1 Å². The summed E-state index contributed by atoms with van der Waals surface area (Å²) in [4.78, 5) is 24.4. The molecule has 2 fully saturated rings. The lowest BCUT2D eigenvalue weighted by atomic mass is 9.43. The molecule has 0 heterocycles. The molecule has 0 N–H and O–H groups in total. The molecule has 2 aliphatic carbocycles. The van der Waals surface area contributed by atoms with Gasteiger partial charge in [-0.3, -0.25) is 0 Å². The second-order valence-corrected chi connectivity index (χ2v) is 7.56. The Kier molecular flexibility index (Phi) is 5.53. The number of hydrogen-bond donors (Lipinski definition) is 0. The molecule has 2 saturated carbocycles. The minimum atomic E-state index is -0.561. The van der Waals surface area contributed by atoms with Crippen molar-refractivity contribution >= 4 is 11.9 Å². The van der Waals surface area contributed by atoms with Gasteiger partial charge in [-0.25, -0.2) is 9.59 Å². The Bertz CT molecular complexity index is 472. The summed E-state index contributed by atoms with van der Waals surface area (Å²) in [5, 5.41) is 0. The van der Waals surface area contributed by atoms with Gasteiger partial charge in [0.15, 0.2) is 0 Å². The Labute approximate surface area is 139 Å². The Morgan fingerprint density at radius 3 is 2.17 bits per heavy atom. The van der Waals surface area contributed by atoms with Gasteiger partial charge in [-0.05, 0) is 55.8 Å². The molecule has 2 aliphatic rings. The lowest BCUT2D eigenvalue weighted by molar-refractivity contribution is -0.147. The van der Waals surface area contributed by atoms with Crippen LogP contribution in [0.3, 0.4) is 0 Å². The molecular weight excluding hydrogens is 292 g/mol. The normalized spacial score (nSPS) is 31.3. The fraction of sp³-hybridized carbons (Fsp3) is 0.789. The van der Waals surface area contributed by atoms with Crippen LogP contribution in [0.25, 0.3) is 0 Å². The third kappa shape index (κ3) is 3.46. The van der Waals surface area contributed by atoms with Crippen molar-refractivity contribution < 1.29 is 19.1 Å². The Balaban J connectivity index is 2.26.